The SMILES string of the molecule is Cl.Cl.NCc1cccc(=O)[nH]1. The van der Waals surface area contributed by atoms with Crippen molar-refractivity contribution >= 4 is 24.8 Å². The Hall–Kier alpha value is -0.510. The van der Waals surface area contributed by atoms with Gasteiger partial charge >= 0.3 is 0 Å². The molecule has 0 aliphatic rings. The Morgan fingerprint density at radius 2 is 2.00 bits per heavy atom. The summed E-state index contributed by atoms with van der Waals surface area (Å²) in [7, 11) is 0. The van der Waals surface area contributed by atoms with E-state index >= 15 is 0 Å². The number of hydrogen-bond donors (Lipinski definition) is 2. The number of rotatable bonds is 1. The summed E-state index contributed by atoms with van der Waals surface area (Å²) in [6.45, 7) is 0.385. The van der Waals surface area contributed by atoms with Crippen LogP contribution in [0.3, 0.4) is 0 Å². The quantitative estimate of drug-likeness (QED) is 0.695. The third kappa shape index (κ3) is 4.03. The fourth-order valence-electron chi connectivity index (χ4n) is 0.612. The highest BCUT2D eigenvalue weighted by molar-refractivity contribution is 5.85. The summed E-state index contributed by atoms with van der Waals surface area (Å²) in [4.78, 5) is 13.1. The van der Waals surface area contributed by atoms with Gasteiger partial charge in [0.05, 0.1) is 0 Å². The Morgan fingerprint density at radius 3 is 2.36 bits per heavy atom. The Bertz CT molecular complexity index is 248. The number of nitrogens with one attached hydrogen (secondary N) is 1. The highest BCUT2D eigenvalue weighted by atomic mass is 35.5. The maximum absolute atomic E-state index is 10.5. The van der Waals surface area contributed by atoms with E-state index in [4.69, 9.17) is 5.73 Å². The van der Waals surface area contributed by atoms with Gasteiger partial charge in [-0.2, -0.15) is 0 Å². The highest BCUT2D eigenvalue weighted by Crippen LogP contribution is 1.84. The van der Waals surface area contributed by atoms with Gasteiger partial charge in [0.25, 0.3) is 0 Å². The predicted molar refractivity (Wildman–Crippen MR) is 49.5 cm³/mol. The van der Waals surface area contributed by atoms with Gasteiger partial charge in [-0.05, 0) is 6.07 Å². The highest BCUT2D eigenvalue weighted by Gasteiger charge is 1.85. The number of nitrogens with two attached hydrogens (primary N) is 1. The first-order chi connectivity index (χ1) is 4.33. The molecule has 0 saturated heterocycles. The van der Waals surface area contributed by atoms with Crippen molar-refractivity contribution in [1.29, 1.82) is 0 Å². The number of hydrogen-bond acceptors (Lipinski definition) is 2. The molecule has 0 spiro atoms. The van der Waals surface area contributed by atoms with Crippen LogP contribution in [0.2, 0.25) is 0 Å². The molecule has 64 valence electrons. The second kappa shape index (κ2) is 6.22. The van der Waals surface area contributed by atoms with Crippen LogP contribution in [0.15, 0.2) is 23.0 Å². The van der Waals surface area contributed by atoms with Gasteiger partial charge in [0.2, 0.25) is 5.56 Å². The van der Waals surface area contributed by atoms with E-state index in [2.05, 4.69) is 4.98 Å². The summed E-state index contributed by atoms with van der Waals surface area (Å²) in [5, 5.41) is 0. The van der Waals surface area contributed by atoms with Crippen molar-refractivity contribution in [3.8, 4) is 0 Å². The van der Waals surface area contributed by atoms with E-state index in [1.54, 1.807) is 12.1 Å². The zero-order valence-corrected chi connectivity index (χ0v) is 7.37. The van der Waals surface area contributed by atoms with E-state index in [0.717, 1.165) is 5.69 Å². The van der Waals surface area contributed by atoms with E-state index in [-0.39, 0.29) is 30.4 Å². The molecule has 3 nitrogen and oxygen atoms in total. The number of pyridine rings is 1. The molecule has 5 heteroatoms. The van der Waals surface area contributed by atoms with Crippen molar-refractivity contribution in [3.63, 3.8) is 0 Å². The van der Waals surface area contributed by atoms with Gasteiger partial charge in [-0.1, -0.05) is 6.07 Å². The van der Waals surface area contributed by atoms with Crippen LogP contribution in [0, 0.1) is 0 Å². The van der Waals surface area contributed by atoms with Crippen molar-refractivity contribution in [2.45, 2.75) is 6.54 Å². The minimum absolute atomic E-state index is 0. The Kier molecular flexibility index (Phi) is 7.41. The lowest BCUT2D eigenvalue weighted by Crippen LogP contribution is -2.09. The molecule has 0 saturated carbocycles. The monoisotopic (exact) mass is 196 g/mol. The standard InChI is InChI=1S/C6H8N2O.2ClH/c7-4-5-2-1-3-6(9)8-5;;/h1-3H,4,7H2,(H,8,9);2*1H. The number of halogens is 2. The molecule has 0 aromatic carbocycles. The molecule has 1 aromatic heterocycles. The summed E-state index contributed by atoms with van der Waals surface area (Å²) in [6, 6.07) is 4.92. The van der Waals surface area contributed by atoms with Crippen LogP contribution in [0.25, 0.3) is 0 Å². The summed E-state index contributed by atoms with van der Waals surface area (Å²) < 4.78 is 0. The smallest absolute Gasteiger partial charge is 0.248 e. The fourth-order valence-corrected chi connectivity index (χ4v) is 0.612. The minimum Gasteiger partial charge on any atom is -0.325 e. The van der Waals surface area contributed by atoms with Gasteiger partial charge in [0, 0.05) is 18.3 Å². The molecule has 0 radical (unpaired) electrons. The molecule has 11 heavy (non-hydrogen) atoms. The van der Waals surface area contributed by atoms with Gasteiger partial charge in [0.1, 0.15) is 0 Å². The van der Waals surface area contributed by atoms with Crippen molar-refractivity contribution in [1.82, 2.24) is 4.98 Å². The van der Waals surface area contributed by atoms with Gasteiger partial charge in [0.15, 0.2) is 0 Å². The van der Waals surface area contributed by atoms with Crippen LogP contribution in [0.4, 0.5) is 0 Å². The van der Waals surface area contributed by atoms with Crippen molar-refractivity contribution in [2.24, 2.45) is 5.73 Å². The van der Waals surface area contributed by atoms with Gasteiger partial charge in [-0.3, -0.25) is 4.79 Å². The molecule has 3 N–H and O–H groups in total. The topological polar surface area (TPSA) is 58.9 Å². The van der Waals surface area contributed by atoms with E-state index in [1.165, 1.54) is 6.07 Å². The van der Waals surface area contributed by atoms with E-state index in [9.17, 15) is 4.79 Å². The average molecular weight is 197 g/mol. The summed E-state index contributed by atoms with van der Waals surface area (Å²) in [5.41, 5.74) is 5.92. The summed E-state index contributed by atoms with van der Waals surface area (Å²) in [6.07, 6.45) is 0. The molecular formula is C6H10Cl2N2O. The molecule has 0 aliphatic heterocycles. The predicted octanol–water partition coefficient (Wildman–Crippen LogP) is 0.677. The maximum Gasteiger partial charge on any atom is 0.248 e. The Labute approximate surface area is 76.8 Å². The lowest BCUT2D eigenvalue weighted by molar-refractivity contribution is 0.973. The van der Waals surface area contributed by atoms with Crippen molar-refractivity contribution < 1.29 is 0 Å². The van der Waals surface area contributed by atoms with Gasteiger partial charge in [-0.15, -0.1) is 24.8 Å². The molecular weight excluding hydrogens is 187 g/mol. The fraction of sp³-hybridized carbons (Fsp3) is 0.167. The zero-order chi connectivity index (χ0) is 6.69. The van der Waals surface area contributed by atoms with Crippen LogP contribution in [0.5, 0.6) is 0 Å². The summed E-state index contributed by atoms with van der Waals surface area (Å²) >= 11 is 0. The van der Waals surface area contributed by atoms with Crippen LogP contribution in [-0.4, -0.2) is 4.98 Å². The Balaban J connectivity index is 0. The Morgan fingerprint density at radius 1 is 1.36 bits per heavy atom. The molecule has 1 rings (SSSR count). The second-order valence-corrected chi connectivity index (χ2v) is 1.74. The van der Waals surface area contributed by atoms with Crippen LogP contribution < -0.4 is 11.3 Å². The van der Waals surface area contributed by atoms with E-state index < -0.39 is 0 Å². The first kappa shape index (κ1) is 13.1. The lowest BCUT2D eigenvalue weighted by Gasteiger charge is -1.91. The largest absolute Gasteiger partial charge is 0.325 e. The normalized spacial score (nSPS) is 7.73. The van der Waals surface area contributed by atoms with E-state index in [0.29, 0.717) is 6.54 Å². The number of H-pyrrole nitrogens is 1. The van der Waals surface area contributed by atoms with Gasteiger partial charge in [-0.25, -0.2) is 0 Å². The van der Waals surface area contributed by atoms with Gasteiger partial charge < -0.3 is 10.7 Å². The third-order valence-electron chi connectivity index (χ3n) is 1.05. The van der Waals surface area contributed by atoms with Crippen molar-refractivity contribution in [3.05, 3.63) is 34.2 Å². The second-order valence-electron chi connectivity index (χ2n) is 1.74. The lowest BCUT2D eigenvalue weighted by atomic mass is 10.4. The van der Waals surface area contributed by atoms with E-state index in [1.807, 2.05) is 0 Å². The third-order valence-corrected chi connectivity index (χ3v) is 1.05. The number of aromatic nitrogens is 1. The molecule has 1 aromatic rings. The molecule has 0 amide bonds. The summed E-state index contributed by atoms with van der Waals surface area (Å²) in [5.74, 6) is 0. The van der Waals surface area contributed by atoms with Crippen LogP contribution in [0.1, 0.15) is 5.69 Å². The number of aromatic amines is 1. The molecule has 0 atom stereocenters. The zero-order valence-electron chi connectivity index (χ0n) is 5.74. The molecule has 0 bridgehead atoms. The van der Waals surface area contributed by atoms with Crippen molar-refractivity contribution in [2.75, 3.05) is 0 Å². The first-order valence-corrected chi connectivity index (χ1v) is 2.71. The average Bonchev–Trinajstić information content (AvgIpc) is 1.88. The van der Waals surface area contributed by atoms with Crippen LogP contribution >= 0.6 is 24.8 Å². The molecule has 0 unspecified atom stereocenters. The molecule has 1 heterocycles. The molecule has 0 fully saturated rings. The minimum atomic E-state index is -0.0991. The maximum atomic E-state index is 10.5. The molecule has 0 aliphatic carbocycles. The van der Waals surface area contributed by atoms with Crippen LogP contribution in [-0.2, 0) is 6.54 Å². The first-order valence-electron chi connectivity index (χ1n) is 2.71.